The monoisotopic (exact) mass is 590 g/mol. The van der Waals surface area contributed by atoms with Crippen molar-refractivity contribution in [2.24, 2.45) is 17.8 Å². The molecule has 3 N–H and O–H groups in total. The largest absolute Gasteiger partial charge is 0.394 e. The van der Waals surface area contributed by atoms with Gasteiger partial charge in [0.1, 0.15) is 11.6 Å². The van der Waals surface area contributed by atoms with E-state index in [4.69, 9.17) is 4.74 Å². The first kappa shape index (κ1) is 31.0. The highest BCUT2D eigenvalue weighted by Crippen LogP contribution is 2.64. The molecule has 2 aromatic carbocycles. The number of aliphatic hydroxyl groups is 1. The molecule has 2 bridgehead atoms. The third-order valence-corrected chi connectivity index (χ3v) is 9.80. The van der Waals surface area contributed by atoms with Gasteiger partial charge in [0.05, 0.1) is 30.1 Å². The first-order valence-electron chi connectivity index (χ1n) is 15.8. The van der Waals surface area contributed by atoms with Gasteiger partial charge in [0.2, 0.25) is 17.7 Å². The number of amides is 3. The van der Waals surface area contributed by atoms with E-state index in [9.17, 15) is 19.5 Å². The molecule has 2 aromatic rings. The minimum atomic E-state index is -1.17. The minimum Gasteiger partial charge on any atom is -0.394 e. The highest BCUT2D eigenvalue weighted by Gasteiger charge is 2.79. The van der Waals surface area contributed by atoms with E-state index < -0.39 is 35.1 Å². The second kappa shape index (κ2) is 12.3. The van der Waals surface area contributed by atoms with Crippen molar-refractivity contribution in [1.29, 1.82) is 0 Å². The summed E-state index contributed by atoms with van der Waals surface area (Å²) in [5.74, 6) is -2.33. The summed E-state index contributed by atoms with van der Waals surface area (Å²) in [5.41, 5.74) is 0.317. The molecule has 5 rings (SSSR count). The van der Waals surface area contributed by atoms with Crippen LogP contribution in [0.1, 0.15) is 60.3 Å². The molecule has 2 unspecified atom stereocenters. The lowest BCUT2D eigenvalue weighted by Gasteiger charge is -2.38. The van der Waals surface area contributed by atoms with Crippen LogP contribution in [0.2, 0.25) is 0 Å². The van der Waals surface area contributed by atoms with Crippen molar-refractivity contribution in [3.05, 3.63) is 54.6 Å². The van der Waals surface area contributed by atoms with Crippen LogP contribution < -0.4 is 15.5 Å². The summed E-state index contributed by atoms with van der Waals surface area (Å²) in [6.07, 6.45) is 2.13. The number of anilines is 3. The van der Waals surface area contributed by atoms with Crippen LogP contribution in [-0.4, -0.2) is 70.7 Å². The van der Waals surface area contributed by atoms with Crippen LogP contribution >= 0.6 is 0 Å². The van der Waals surface area contributed by atoms with E-state index in [0.717, 1.165) is 18.8 Å². The van der Waals surface area contributed by atoms with Crippen LogP contribution in [-0.2, 0) is 19.1 Å². The summed E-state index contributed by atoms with van der Waals surface area (Å²) in [6.45, 7) is 11.7. The maximum atomic E-state index is 14.5. The van der Waals surface area contributed by atoms with Crippen molar-refractivity contribution in [2.75, 3.05) is 35.2 Å². The Balaban J connectivity index is 1.52. The number of likely N-dealkylation sites (tertiary alicyclic amines) is 1. The minimum absolute atomic E-state index is 0.177. The second-order valence-electron chi connectivity index (χ2n) is 12.6. The molecule has 3 amide bonds. The highest BCUT2D eigenvalue weighted by atomic mass is 16.5. The van der Waals surface area contributed by atoms with Crippen LogP contribution in [0.5, 0.6) is 0 Å². The van der Waals surface area contributed by atoms with Gasteiger partial charge in [-0.15, -0.1) is 0 Å². The lowest BCUT2D eigenvalue weighted by Crippen LogP contribution is -2.56. The fraction of sp³-hybridized carbons (Fsp3) is 0.559. The number of hydrogen-bond donors (Lipinski definition) is 3. The number of benzene rings is 2. The average Bonchev–Trinajstić information content (AvgIpc) is 3.61. The molecule has 0 aromatic heterocycles. The number of rotatable bonds is 12. The molecule has 1 spiro atoms. The number of fused-ring (bicyclic) bond motifs is 1. The molecule has 232 valence electrons. The van der Waals surface area contributed by atoms with Crippen LogP contribution in [0.25, 0.3) is 0 Å². The molecular weight excluding hydrogens is 544 g/mol. The molecular formula is C34H46N4O5. The fourth-order valence-corrected chi connectivity index (χ4v) is 7.86. The van der Waals surface area contributed by atoms with E-state index in [1.165, 1.54) is 0 Å². The first-order chi connectivity index (χ1) is 20.6. The summed E-state index contributed by atoms with van der Waals surface area (Å²) < 4.78 is 6.87. The quantitative estimate of drug-likeness (QED) is 0.331. The molecule has 3 heterocycles. The predicted molar refractivity (Wildman–Crippen MR) is 168 cm³/mol. The van der Waals surface area contributed by atoms with E-state index in [1.54, 1.807) is 4.90 Å². The number of aliphatic hydroxyl groups excluding tert-OH is 1. The maximum Gasteiger partial charge on any atom is 0.250 e. The zero-order valence-electron chi connectivity index (χ0n) is 26.0. The molecule has 9 heteroatoms. The molecule has 3 fully saturated rings. The summed E-state index contributed by atoms with van der Waals surface area (Å²) in [6, 6.07) is 15.3. The Hall–Kier alpha value is -3.43. The van der Waals surface area contributed by atoms with Crippen molar-refractivity contribution >= 4 is 34.8 Å². The van der Waals surface area contributed by atoms with Gasteiger partial charge < -0.3 is 30.3 Å². The molecule has 3 saturated heterocycles. The van der Waals surface area contributed by atoms with Gasteiger partial charge in [-0.25, -0.2) is 0 Å². The van der Waals surface area contributed by atoms with Gasteiger partial charge >= 0.3 is 0 Å². The highest BCUT2D eigenvalue weighted by molar-refractivity contribution is 6.05. The number of ether oxygens (including phenoxy) is 1. The number of para-hydroxylation sites is 1. The molecule has 3 aliphatic heterocycles. The Kier molecular flexibility index (Phi) is 8.86. The summed E-state index contributed by atoms with van der Waals surface area (Å²) in [4.78, 5) is 46.6. The van der Waals surface area contributed by atoms with E-state index in [0.29, 0.717) is 37.1 Å². The second-order valence-corrected chi connectivity index (χ2v) is 12.6. The Morgan fingerprint density at radius 1 is 0.977 bits per heavy atom. The normalized spacial score (nSPS) is 28.2. The number of carbonyl (C=O) groups is 3. The van der Waals surface area contributed by atoms with Crippen LogP contribution in [0.3, 0.4) is 0 Å². The SMILES string of the molecule is CCN(CC)c1ccc(NC(=O)C2N([C@@H](CO)CC(C)C)C(=O)[C@@H]3[C@@H](C(=O)Nc4ccccc4)[C@@]4(CC)CCC23O4)cc1. The predicted octanol–water partition coefficient (Wildman–Crippen LogP) is 4.67. The first-order valence-corrected chi connectivity index (χ1v) is 15.8. The van der Waals surface area contributed by atoms with Crippen LogP contribution in [0, 0.1) is 17.8 Å². The van der Waals surface area contributed by atoms with Gasteiger partial charge in [-0.3, -0.25) is 14.4 Å². The lowest BCUT2D eigenvalue weighted by atomic mass is 9.65. The van der Waals surface area contributed by atoms with Gasteiger partial charge in [-0.05, 0) is 81.8 Å². The van der Waals surface area contributed by atoms with Crippen molar-refractivity contribution in [1.82, 2.24) is 4.90 Å². The van der Waals surface area contributed by atoms with E-state index in [2.05, 4.69) is 29.4 Å². The van der Waals surface area contributed by atoms with Gasteiger partial charge in [0, 0.05) is 30.2 Å². The van der Waals surface area contributed by atoms with Crippen molar-refractivity contribution in [3.63, 3.8) is 0 Å². The van der Waals surface area contributed by atoms with E-state index >= 15 is 0 Å². The van der Waals surface area contributed by atoms with Crippen molar-refractivity contribution in [3.8, 4) is 0 Å². The zero-order chi connectivity index (χ0) is 30.9. The average molecular weight is 591 g/mol. The third-order valence-electron chi connectivity index (χ3n) is 9.80. The van der Waals surface area contributed by atoms with Gasteiger partial charge in [0.25, 0.3) is 0 Å². The maximum absolute atomic E-state index is 14.5. The zero-order valence-corrected chi connectivity index (χ0v) is 26.0. The topological polar surface area (TPSA) is 111 Å². The number of hydrogen-bond acceptors (Lipinski definition) is 6. The summed E-state index contributed by atoms with van der Waals surface area (Å²) >= 11 is 0. The van der Waals surface area contributed by atoms with Crippen molar-refractivity contribution in [2.45, 2.75) is 83.6 Å². The Labute approximate surface area is 255 Å². The van der Waals surface area contributed by atoms with Gasteiger partial charge in [-0.2, -0.15) is 0 Å². The van der Waals surface area contributed by atoms with Crippen LogP contribution in [0.15, 0.2) is 54.6 Å². The van der Waals surface area contributed by atoms with E-state index in [-0.39, 0.29) is 30.2 Å². The molecule has 6 atom stereocenters. The third kappa shape index (κ3) is 5.31. The lowest BCUT2D eigenvalue weighted by molar-refractivity contribution is -0.148. The Bertz CT molecular complexity index is 1310. The molecule has 43 heavy (non-hydrogen) atoms. The number of nitrogens with one attached hydrogen (secondary N) is 2. The molecule has 0 saturated carbocycles. The number of carbonyl (C=O) groups excluding carboxylic acids is 3. The van der Waals surface area contributed by atoms with E-state index in [1.807, 2.05) is 75.4 Å². The standard InChI is InChI=1S/C34H46N4O5/c1-6-33-18-19-34(43-33)28(27(33)30(40)35-23-12-10-9-11-13-23)32(42)38(26(21-39)20-22(4)5)29(34)31(41)36-24-14-16-25(17-15-24)37(7-2)8-3/h9-17,22,26-29,39H,6-8,18-21H2,1-5H3,(H,35,40)(H,36,41)/t26-,27+,28+,29?,33-,34?/m1/s1. The number of nitrogens with zero attached hydrogens (tertiary/aromatic N) is 2. The fourth-order valence-electron chi connectivity index (χ4n) is 7.86. The smallest absolute Gasteiger partial charge is 0.250 e. The van der Waals surface area contributed by atoms with Crippen molar-refractivity contribution < 1.29 is 24.2 Å². The van der Waals surface area contributed by atoms with Gasteiger partial charge in [0.15, 0.2) is 0 Å². The Morgan fingerprint density at radius 2 is 1.60 bits per heavy atom. The summed E-state index contributed by atoms with van der Waals surface area (Å²) in [5, 5.41) is 16.6. The molecule has 9 nitrogen and oxygen atoms in total. The molecule has 0 radical (unpaired) electrons. The summed E-state index contributed by atoms with van der Waals surface area (Å²) in [7, 11) is 0. The van der Waals surface area contributed by atoms with Gasteiger partial charge in [-0.1, -0.05) is 39.0 Å². The molecule has 3 aliphatic rings. The Morgan fingerprint density at radius 3 is 2.19 bits per heavy atom. The van der Waals surface area contributed by atoms with Crippen LogP contribution in [0.4, 0.5) is 17.1 Å². The molecule has 0 aliphatic carbocycles.